The molecule has 2 rings (SSSR count). The fourth-order valence-corrected chi connectivity index (χ4v) is 1.13. The van der Waals surface area contributed by atoms with Gasteiger partial charge in [-0.25, -0.2) is 0 Å². The van der Waals surface area contributed by atoms with Crippen molar-refractivity contribution >= 4 is 11.9 Å². The van der Waals surface area contributed by atoms with E-state index in [9.17, 15) is 0 Å². The third-order valence-corrected chi connectivity index (χ3v) is 1.70. The van der Waals surface area contributed by atoms with Crippen molar-refractivity contribution in [3.8, 4) is 0 Å². The van der Waals surface area contributed by atoms with Gasteiger partial charge in [0.25, 0.3) is 0 Å². The van der Waals surface area contributed by atoms with Crippen LogP contribution in [0.3, 0.4) is 0 Å². The number of aliphatic imine (C=N–C) groups is 2. The Morgan fingerprint density at radius 2 is 2.27 bits per heavy atom. The second-order valence-electron chi connectivity index (χ2n) is 2.42. The van der Waals surface area contributed by atoms with Gasteiger partial charge in [-0.1, -0.05) is 0 Å². The monoisotopic (exact) mass is 148 g/mol. The molecule has 0 saturated carbocycles. The van der Waals surface area contributed by atoms with Crippen molar-refractivity contribution in [2.75, 3.05) is 0 Å². The third-order valence-electron chi connectivity index (χ3n) is 1.70. The van der Waals surface area contributed by atoms with Crippen molar-refractivity contribution < 1.29 is 0 Å². The summed E-state index contributed by atoms with van der Waals surface area (Å²) in [7, 11) is 0. The molecule has 0 bridgehead atoms. The highest BCUT2D eigenvalue weighted by atomic mass is 15.0. The van der Waals surface area contributed by atoms with Gasteiger partial charge in [0.05, 0.1) is 11.4 Å². The molecule has 0 aromatic rings. The summed E-state index contributed by atoms with van der Waals surface area (Å²) in [5.74, 6) is 0. The number of hydrogen-bond acceptors (Lipinski definition) is 4. The van der Waals surface area contributed by atoms with Crippen molar-refractivity contribution in [1.29, 1.82) is 0 Å². The van der Waals surface area contributed by atoms with Gasteiger partial charge in [0, 0.05) is 18.0 Å². The number of allylic oxidation sites excluding steroid dienone is 2. The molecule has 56 valence electrons. The average molecular weight is 148 g/mol. The molecule has 11 heavy (non-hydrogen) atoms. The first-order valence-electron chi connectivity index (χ1n) is 3.32. The molecule has 0 aliphatic carbocycles. The molecule has 2 aliphatic heterocycles. The minimum atomic E-state index is -0.340. The summed E-state index contributed by atoms with van der Waals surface area (Å²) in [5.41, 5.74) is 13.6. The third kappa shape index (κ3) is 0.798. The summed E-state index contributed by atoms with van der Waals surface area (Å²) in [6.07, 6.45) is 4.77. The lowest BCUT2D eigenvalue weighted by molar-refractivity contribution is 0.920. The highest BCUT2D eigenvalue weighted by Crippen LogP contribution is 2.16. The molecule has 0 aromatic heterocycles. The average Bonchev–Trinajstić information content (AvgIpc) is 2.45. The van der Waals surface area contributed by atoms with Crippen LogP contribution in [-0.2, 0) is 0 Å². The normalized spacial score (nSPS) is 27.4. The number of dihydropyridines is 1. The molecule has 2 heterocycles. The highest BCUT2D eigenvalue weighted by molar-refractivity contribution is 6.13. The SMILES string of the molecule is NC1=C2C=CN=C2C(N)N=C1. The molecule has 1 unspecified atom stereocenters. The lowest BCUT2D eigenvalue weighted by atomic mass is 10.1. The summed E-state index contributed by atoms with van der Waals surface area (Å²) >= 11 is 0. The van der Waals surface area contributed by atoms with Crippen LogP contribution in [0, 0.1) is 0 Å². The molecule has 0 aromatic carbocycles. The zero-order chi connectivity index (χ0) is 7.84. The molecule has 4 heteroatoms. The zero-order valence-corrected chi connectivity index (χ0v) is 5.86. The number of nitrogens with zero attached hydrogens (tertiary/aromatic N) is 2. The van der Waals surface area contributed by atoms with E-state index in [1.54, 1.807) is 12.4 Å². The topological polar surface area (TPSA) is 76.8 Å². The maximum Gasteiger partial charge on any atom is 0.140 e. The summed E-state index contributed by atoms with van der Waals surface area (Å²) < 4.78 is 0. The van der Waals surface area contributed by atoms with Gasteiger partial charge in [0.1, 0.15) is 6.17 Å². The smallest absolute Gasteiger partial charge is 0.140 e. The van der Waals surface area contributed by atoms with Gasteiger partial charge in [-0.15, -0.1) is 0 Å². The fraction of sp³-hybridized carbons (Fsp3) is 0.143. The summed E-state index contributed by atoms with van der Waals surface area (Å²) in [6, 6.07) is 0. The van der Waals surface area contributed by atoms with Gasteiger partial charge >= 0.3 is 0 Å². The highest BCUT2D eigenvalue weighted by Gasteiger charge is 2.21. The van der Waals surface area contributed by atoms with Crippen LogP contribution >= 0.6 is 0 Å². The van der Waals surface area contributed by atoms with Crippen molar-refractivity contribution in [1.82, 2.24) is 0 Å². The Hall–Kier alpha value is -1.42. The number of rotatable bonds is 0. The van der Waals surface area contributed by atoms with Crippen LogP contribution in [0.4, 0.5) is 0 Å². The van der Waals surface area contributed by atoms with Gasteiger partial charge in [0.15, 0.2) is 0 Å². The molecule has 0 fully saturated rings. The molecule has 0 amide bonds. The molecule has 4 N–H and O–H groups in total. The predicted molar refractivity (Wildman–Crippen MR) is 44.3 cm³/mol. The largest absolute Gasteiger partial charge is 0.397 e. The lowest BCUT2D eigenvalue weighted by Gasteiger charge is -2.13. The van der Waals surface area contributed by atoms with Gasteiger partial charge in [0.2, 0.25) is 0 Å². The van der Waals surface area contributed by atoms with Gasteiger partial charge in [-0.05, 0) is 6.08 Å². The standard InChI is InChI=1S/C7H8N4/c8-5-3-11-7(9)6-4(5)1-2-10-6/h1-3,7H,8-9H2. The van der Waals surface area contributed by atoms with Crippen molar-refractivity contribution in [2.45, 2.75) is 6.17 Å². The maximum absolute atomic E-state index is 5.62. The Bertz CT molecular complexity index is 308. The number of fused-ring (bicyclic) bond motifs is 1. The lowest BCUT2D eigenvalue weighted by Crippen LogP contribution is -2.33. The zero-order valence-electron chi connectivity index (χ0n) is 5.86. The van der Waals surface area contributed by atoms with Crippen LogP contribution in [0.2, 0.25) is 0 Å². The second-order valence-corrected chi connectivity index (χ2v) is 2.42. The first kappa shape index (κ1) is 6.30. The molecule has 0 radical (unpaired) electrons. The van der Waals surface area contributed by atoms with Crippen LogP contribution in [-0.4, -0.2) is 18.1 Å². The summed E-state index contributed by atoms with van der Waals surface area (Å²) in [5, 5.41) is 0. The van der Waals surface area contributed by atoms with E-state index >= 15 is 0 Å². The van der Waals surface area contributed by atoms with Crippen LogP contribution in [0.25, 0.3) is 0 Å². The Balaban J connectivity index is 2.52. The Labute approximate surface area is 64.0 Å². The van der Waals surface area contributed by atoms with Crippen LogP contribution in [0.5, 0.6) is 0 Å². The van der Waals surface area contributed by atoms with E-state index in [1.807, 2.05) is 6.08 Å². The number of hydrogen-bond donors (Lipinski definition) is 2. The van der Waals surface area contributed by atoms with Crippen molar-refractivity contribution in [3.05, 3.63) is 23.5 Å². The minimum Gasteiger partial charge on any atom is -0.397 e. The molecular formula is C7H8N4. The van der Waals surface area contributed by atoms with Gasteiger partial charge in [-0.3, -0.25) is 9.98 Å². The fourth-order valence-electron chi connectivity index (χ4n) is 1.13. The molecule has 2 aliphatic rings. The van der Waals surface area contributed by atoms with Gasteiger partial charge in [-0.2, -0.15) is 0 Å². The van der Waals surface area contributed by atoms with E-state index in [0.29, 0.717) is 5.70 Å². The molecular weight excluding hydrogens is 140 g/mol. The van der Waals surface area contributed by atoms with E-state index in [-0.39, 0.29) is 6.17 Å². The minimum absolute atomic E-state index is 0.340. The van der Waals surface area contributed by atoms with E-state index in [1.165, 1.54) is 0 Å². The van der Waals surface area contributed by atoms with E-state index in [0.717, 1.165) is 11.3 Å². The van der Waals surface area contributed by atoms with E-state index in [2.05, 4.69) is 9.98 Å². The second kappa shape index (κ2) is 2.03. The van der Waals surface area contributed by atoms with Crippen LogP contribution in [0.15, 0.2) is 33.5 Å². The first-order chi connectivity index (χ1) is 5.29. The molecule has 0 spiro atoms. The van der Waals surface area contributed by atoms with Gasteiger partial charge < -0.3 is 11.5 Å². The maximum atomic E-state index is 5.62. The first-order valence-corrected chi connectivity index (χ1v) is 3.32. The molecule has 4 nitrogen and oxygen atoms in total. The van der Waals surface area contributed by atoms with Crippen LogP contribution < -0.4 is 11.5 Å². The predicted octanol–water partition coefficient (Wildman–Crippen LogP) is -0.463. The van der Waals surface area contributed by atoms with Crippen molar-refractivity contribution in [2.24, 2.45) is 21.5 Å². The van der Waals surface area contributed by atoms with E-state index < -0.39 is 0 Å². The summed E-state index contributed by atoms with van der Waals surface area (Å²) in [6.45, 7) is 0. The van der Waals surface area contributed by atoms with Crippen molar-refractivity contribution in [3.63, 3.8) is 0 Å². The Kier molecular flexibility index (Phi) is 1.16. The Morgan fingerprint density at radius 1 is 1.45 bits per heavy atom. The Morgan fingerprint density at radius 3 is 3.00 bits per heavy atom. The van der Waals surface area contributed by atoms with E-state index in [4.69, 9.17) is 11.5 Å². The number of nitrogens with two attached hydrogens (primary N) is 2. The molecule has 0 saturated heterocycles. The quantitative estimate of drug-likeness (QED) is 0.487. The van der Waals surface area contributed by atoms with Crippen LogP contribution in [0.1, 0.15) is 0 Å². The molecule has 1 atom stereocenters. The summed E-state index contributed by atoms with van der Waals surface area (Å²) in [4.78, 5) is 8.00.